The maximum Gasteiger partial charge on any atom is -0.0233 e. The number of rotatable bonds is 2. The average molecular weight is 401 g/mol. The van der Waals surface area contributed by atoms with Gasteiger partial charge in [-0.15, -0.1) is 0 Å². The summed E-state index contributed by atoms with van der Waals surface area (Å²) >= 11 is 0. The van der Waals surface area contributed by atoms with Crippen LogP contribution in [0.3, 0.4) is 0 Å². The van der Waals surface area contributed by atoms with Gasteiger partial charge in [0.2, 0.25) is 0 Å². The lowest BCUT2D eigenvalue weighted by Gasteiger charge is -2.06. The van der Waals surface area contributed by atoms with Crippen LogP contribution in [0, 0.1) is 27.7 Å². The first-order valence-corrected chi connectivity index (χ1v) is 11.6. The first-order valence-electron chi connectivity index (χ1n) is 11.6. The highest BCUT2D eigenvalue weighted by atomic mass is 14.0. The van der Waals surface area contributed by atoms with E-state index in [0.29, 0.717) is 0 Å². The van der Waals surface area contributed by atoms with Crippen molar-refractivity contribution in [3.8, 4) is 0 Å². The molecular formula is C29H52. The third kappa shape index (κ3) is 16.8. The third-order valence-corrected chi connectivity index (χ3v) is 3.94. The summed E-state index contributed by atoms with van der Waals surface area (Å²) in [5, 5.41) is 0. The van der Waals surface area contributed by atoms with Gasteiger partial charge in [0, 0.05) is 0 Å². The summed E-state index contributed by atoms with van der Waals surface area (Å²) < 4.78 is 0. The molecule has 0 aliphatic rings. The minimum Gasteiger partial charge on any atom is -0.0955 e. The molecule has 0 nitrogen and oxygen atoms in total. The van der Waals surface area contributed by atoms with Crippen molar-refractivity contribution in [2.75, 3.05) is 0 Å². The van der Waals surface area contributed by atoms with Crippen molar-refractivity contribution in [3.63, 3.8) is 0 Å². The maximum atomic E-state index is 3.86. The summed E-state index contributed by atoms with van der Waals surface area (Å²) in [5.74, 6) is 0. The number of allylic oxidation sites excluding steroid dienone is 1. The molecule has 0 heteroatoms. The Kier molecular flexibility index (Phi) is 29.0. The van der Waals surface area contributed by atoms with Crippen LogP contribution in [0.15, 0.2) is 43.0 Å². The standard InChI is InChI=1S/C11H16.C10H12.4C2H6/c1-5-11-6-8(2)10(4)9(3)7-11;1-8(2)10-6-4-9(3)5-7-10;4*1-2/h6-7H,5H2,1-4H3;4-7H,1H2,2-3H3;4*1-2H3. The van der Waals surface area contributed by atoms with E-state index in [1.165, 1.54) is 33.4 Å². The second-order valence-corrected chi connectivity index (χ2v) is 5.85. The van der Waals surface area contributed by atoms with Crippen molar-refractivity contribution in [1.29, 1.82) is 0 Å². The summed E-state index contributed by atoms with van der Waals surface area (Å²) in [6, 6.07) is 13.0. The Bertz CT molecular complexity index is 577. The topological polar surface area (TPSA) is 0 Å². The number of hydrogen-bond donors (Lipinski definition) is 0. The predicted molar refractivity (Wildman–Crippen MR) is 141 cm³/mol. The summed E-state index contributed by atoms with van der Waals surface area (Å²) in [5.41, 5.74) is 9.37. The molecule has 0 heterocycles. The van der Waals surface area contributed by atoms with E-state index in [1.807, 2.05) is 62.3 Å². The fourth-order valence-electron chi connectivity index (χ4n) is 2.17. The second-order valence-electron chi connectivity index (χ2n) is 5.85. The largest absolute Gasteiger partial charge is 0.0955 e. The van der Waals surface area contributed by atoms with E-state index >= 15 is 0 Å². The lowest BCUT2D eigenvalue weighted by Crippen LogP contribution is -1.89. The quantitative estimate of drug-likeness (QED) is 0.470. The molecule has 2 aromatic rings. The van der Waals surface area contributed by atoms with Crippen LogP contribution in [0.1, 0.15) is 103 Å². The summed E-state index contributed by atoms with van der Waals surface area (Å²) in [6.07, 6.45) is 1.14. The Balaban J connectivity index is -0.000000161. The molecule has 0 N–H and O–H groups in total. The normalized spacial score (nSPS) is 7.93. The van der Waals surface area contributed by atoms with Crippen molar-refractivity contribution in [1.82, 2.24) is 0 Å². The van der Waals surface area contributed by atoms with Crippen LogP contribution in [0.2, 0.25) is 0 Å². The zero-order chi connectivity index (χ0) is 24.0. The van der Waals surface area contributed by atoms with E-state index in [1.54, 1.807) is 0 Å². The Morgan fingerprint density at radius 3 is 1.31 bits per heavy atom. The number of benzene rings is 2. The average Bonchev–Trinajstić information content (AvgIpc) is 2.78. The highest BCUT2D eigenvalue weighted by Gasteiger charge is 1.98. The van der Waals surface area contributed by atoms with Gasteiger partial charge in [0.05, 0.1) is 0 Å². The van der Waals surface area contributed by atoms with Crippen molar-refractivity contribution in [2.45, 2.75) is 103 Å². The van der Waals surface area contributed by atoms with Gasteiger partial charge in [-0.2, -0.15) is 0 Å². The monoisotopic (exact) mass is 400 g/mol. The van der Waals surface area contributed by atoms with Crippen LogP contribution >= 0.6 is 0 Å². The van der Waals surface area contributed by atoms with Gasteiger partial charge >= 0.3 is 0 Å². The van der Waals surface area contributed by atoms with Crippen molar-refractivity contribution >= 4 is 5.57 Å². The highest BCUT2D eigenvalue weighted by molar-refractivity contribution is 5.61. The van der Waals surface area contributed by atoms with Crippen molar-refractivity contribution in [3.05, 3.63) is 76.4 Å². The number of hydrogen-bond acceptors (Lipinski definition) is 0. The lowest BCUT2D eigenvalue weighted by atomic mass is 10.00. The smallest absolute Gasteiger partial charge is 0.0233 e. The highest BCUT2D eigenvalue weighted by Crippen LogP contribution is 2.15. The minimum absolute atomic E-state index is 1.13. The molecule has 0 radical (unpaired) electrons. The summed E-state index contributed by atoms with van der Waals surface area (Å²) in [7, 11) is 0. The molecule has 0 aliphatic carbocycles. The van der Waals surface area contributed by atoms with E-state index in [-0.39, 0.29) is 0 Å². The van der Waals surface area contributed by atoms with Crippen LogP contribution in [-0.2, 0) is 6.42 Å². The van der Waals surface area contributed by atoms with Crippen LogP contribution in [0.25, 0.3) is 5.57 Å². The Morgan fingerprint density at radius 2 is 1.03 bits per heavy atom. The molecule has 0 fully saturated rings. The third-order valence-electron chi connectivity index (χ3n) is 3.94. The van der Waals surface area contributed by atoms with Gasteiger partial charge in [-0.3, -0.25) is 0 Å². The van der Waals surface area contributed by atoms with Gasteiger partial charge < -0.3 is 0 Å². The fraction of sp³-hybridized carbons (Fsp3) is 0.517. The second kappa shape index (κ2) is 24.2. The molecule has 0 saturated heterocycles. The Labute approximate surface area is 185 Å². The summed E-state index contributed by atoms with van der Waals surface area (Å²) in [6.45, 7) is 32.7. The minimum atomic E-state index is 1.13. The van der Waals surface area contributed by atoms with E-state index < -0.39 is 0 Å². The first-order chi connectivity index (χ1) is 13.8. The molecule has 2 rings (SSSR count). The fourth-order valence-corrected chi connectivity index (χ4v) is 2.17. The zero-order valence-corrected chi connectivity index (χ0v) is 22.4. The molecule has 2 aromatic carbocycles. The van der Waals surface area contributed by atoms with Crippen LogP contribution in [0.4, 0.5) is 0 Å². The molecule has 0 aromatic heterocycles. The molecular weight excluding hydrogens is 348 g/mol. The Hall–Kier alpha value is -1.82. The zero-order valence-electron chi connectivity index (χ0n) is 22.4. The molecule has 0 aliphatic heterocycles. The lowest BCUT2D eigenvalue weighted by molar-refractivity contribution is 1.11. The van der Waals surface area contributed by atoms with Gasteiger partial charge in [-0.05, 0) is 68.9 Å². The summed E-state index contributed by atoms with van der Waals surface area (Å²) in [4.78, 5) is 0. The van der Waals surface area contributed by atoms with Crippen molar-refractivity contribution in [2.24, 2.45) is 0 Å². The van der Waals surface area contributed by atoms with E-state index in [0.717, 1.165) is 12.0 Å². The van der Waals surface area contributed by atoms with Gasteiger partial charge in [-0.1, -0.05) is 116 Å². The molecule has 0 amide bonds. The SMILES string of the molecule is C=C(C)c1ccc(C)cc1.CC.CC.CC.CC.CCc1cc(C)c(C)c(C)c1. The number of aryl methyl sites for hydroxylation is 4. The van der Waals surface area contributed by atoms with Gasteiger partial charge in [0.15, 0.2) is 0 Å². The van der Waals surface area contributed by atoms with Crippen molar-refractivity contribution < 1.29 is 0 Å². The Morgan fingerprint density at radius 1 is 0.690 bits per heavy atom. The van der Waals surface area contributed by atoms with E-state index in [4.69, 9.17) is 0 Å². The van der Waals surface area contributed by atoms with E-state index in [9.17, 15) is 0 Å². The van der Waals surface area contributed by atoms with Crippen LogP contribution < -0.4 is 0 Å². The molecule has 0 atom stereocenters. The van der Waals surface area contributed by atoms with Gasteiger partial charge in [0.1, 0.15) is 0 Å². The van der Waals surface area contributed by atoms with Gasteiger partial charge in [-0.25, -0.2) is 0 Å². The van der Waals surface area contributed by atoms with Gasteiger partial charge in [0.25, 0.3) is 0 Å². The maximum absolute atomic E-state index is 3.86. The molecule has 168 valence electrons. The van der Waals surface area contributed by atoms with Crippen LogP contribution in [-0.4, -0.2) is 0 Å². The molecule has 0 unspecified atom stereocenters. The predicted octanol–water partition coefficient (Wildman–Crippen LogP) is 10.3. The first kappa shape index (κ1) is 34.7. The van der Waals surface area contributed by atoms with Crippen LogP contribution in [0.5, 0.6) is 0 Å². The molecule has 0 spiro atoms. The molecule has 0 bridgehead atoms. The van der Waals surface area contributed by atoms with E-state index in [2.05, 4.69) is 77.6 Å². The molecule has 0 saturated carbocycles. The molecule has 29 heavy (non-hydrogen) atoms.